The molecule has 2 fully saturated rings. The van der Waals surface area contributed by atoms with Gasteiger partial charge in [0, 0.05) is 47.7 Å². The Kier molecular flexibility index (Phi) is 7.02. The number of carbonyl (C=O) groups excluding carboxylic acids is 1. The molecule has 5 rings (SSSR count). The average molecular weight is 529 g/mol. The van der Waals surface area contributed by atoms with E-state index in [0.717, 1.165) is 16.1 Å². The lowest BCUT2D eigenvalue weighted by molar-refractivity contribution is -0.130. The van der Waals surface area contributed by atoms with Gasteiger partial charge in [-0.15, -0.1) is 11.3 Å². The van der Waals surface area contributed by atoms with Gasteiger partial charge in [0.1, 0.15) is 0 Å². The van der Waals surface area contributed by atoms with Crippen LogP contribution in [-0.4, -0.2) is 43.1 Å². The maximum atomic E-state index is 13.2. The highest BCUT2D eigenvalue weighted by atomic mass is 35.5. The zero-order valence-electron chi connectivity index (χ0n) is 19.7. The van der Waals surface area contributed by atoms with Crippen LogP contribution in [-0.2, 0) is 21.1 Å². The number of hydrogen-bond acceptors (Lipinski definition) is 5. The smallest absolute Gasteiger partial charge is 0.222 e. The Morgan fingerprint density at radius 1 is 1.11 bits per heavy atom. The highest BCUT2D eigenvalue weighted by Crippen LogP contribution is 2.45. The molecule has 5 nitrogen and oxygen atoms in total. The SMILES string of the molecule is CCS(=O)(=O)c1ccc(CCC(=O)N2CC(c3cccc(Cl)c3)C(c3nc(C4CC4)cs3)C2)cc1. The summed E-state index contributed by atoms with van der Waals surface area (Å²) in [6.45, 7) is 2.94. The van der Waals surface area contributed by atoms with Gasteiger partial charge in [-0.05, 0) is 54.7 Å². The average Bonchev–Trinajstić information content (AvgIpc) is 3.42. The second-order valence-corrected chi connectivity index (χ2v) is 13.1. The molecule has 2 aliphatic rings. The molecule has 2 aromatic carbocycles. The van der Waals surface area contributed by atoms with E-state index in [-0.39, 0.29) is 23.5 Å². The van der Waals surface area contributed by atoms with Crippen LogP contribution in [0.5, 0.6) is 0 Å². The fourth-order valence-corrected chi connectivity index (χ4v) is 6.95. The predicted molar refractivity (Wildman–Crippen MR) is 140 cm³/mol. The van der Waals surface area contributed by atoms with Crippen LogP contribution in [0.1, 0.15) is 65.8 Å². The maximum absolute atomic E-state index is 13.2. The van der Waals surface area contributed by atoms with Crippen molar-refractivity contribution >= 4 is 38.7 Å². The minimum absolute atomic E-state index is 0.0794. The summed E-state index contributed by atoms with van der Waals surface area (Å²) >= 11 is 8.02. The first kappa shape index (κ1) is 24.5. The molecule has 1 aliphatic carbocycles. The molecule has 35 heavy (non-hydrogen) atoms. The van der Waals surface area contributed by atoms with E-state index < -0.39 is 9.84 Å². The molecule has 2 heterocycles. The van der Waals surface area contributed by atoms with E-state index in [1.807, 2.05) is 35.2 Å². The van der Waals surface area contributed by atoms with Crippen molar-refractivity contribution in [3.05, 3.63) is 80.8 Å². The number of nitrogens with zero attached hydrogens (tertiary/aromatic N) is 2. The molecule has 1 saturated carbocycles. The molecule has 3 aromatic rings. The monoisotopic (exact) mass is 528 g/mol. The Morgan fingerprint density at radius 3 is 2.54 bits per heavy atom. The van der Waals surface area contributed by atoms with Crippen LogP contribution < -0.4 is 0 Å². The van der Waals surface area contributed by atoms with Crippen molar-refractivity contribution in [1.82, 2.24) is 9.88 Å². The summed E-state index contributed by atoms with van der Waals surface area (Å²) in [5, 5.41) is 4.01. The van der Waals surface area contributed by atoms with Crippen molar-refractivity contribution in [3.8, 4) is 0 Å². The zero-order chi connectivity index (χ0) is 24.6. The van der Waals surface area contributed by atoms with Crippen LogP contribution in [0.4, 0.5) is 0 Å². The van der Waals surface area contributed by atoms with Crippen LogP contribution in [0, 0.1) is 0 Å². The lowest BCUT2D eigenvalue weighted by Crippen LogP contribution is -2.29. The molecule has 2 atom stereocenters. The van der Waals surface area contributed by atoms with Gasteiger partial charge in [-0.3, -0.25) is 4.79 Å². The van der Waals surface area contributed by atoms with Gasteiger partial charge in [0.25, 0.3) is 0 Å². The molecule has 1 aliphatic heterocycles. The fourth-order valence-electron chi connectivity index (χ4n) is 4.81. The molecular weight excluding hydrogens is 500 g/mol. The number of likely N-dealkylation sites (tertiary alicyclic amines) is 1. The Labute approximate surface area is 216 Å². The lowest BCUT2D eigenvalue weighted by Gasteiger charge is -2.17. The summed E-state index contributed by atoms with van der Waals surface area (Å²) in [5.41, 5.74) is 3.31. The van der Waals surface area contributed by atoms with Crippen molar-refractivity contribution in [3.63, 3.8) is 0 Å². The van der Waals surface area contributed by atoms with Gasteiger partial charge in [-0.2, -0.15) is 0 Å². The maximum Gasteiger partial charge on any atom is 0.222 e. The van der Waals surface area contributed by atoms with Crippen LogP contribution >= 0.6 is 22.9 Å². The molecular formula is C27H29ClN2O3S2. The topological polar surface area (TPSA) is 67.3 Å². The summed E-state index contributed by atoms with van der Waals surface area (Å²) in [7, 11) is -3.22. The van der Waals surface area contributed by atoms with Gasteiger partial charge in [-0.1, -0.05) is 42.8 Å². The highest BCUT2D eigenvalue weighted by molar-refractivity contribution is 7.91. The summed E-state index contributed by atoms with van der Waals surface area (Å²) in [6.07, 6.45) is 3.42. The first-order chi connectivity index (χ1) is 16.8. The zero-order valence-corrected chi connectivity index (χ0v) is 22.1. The van der Waals surface area contributed by atoms with E-state index in [1.165, 1.54) is 18.5 Å². The van der Waals surface area contributed by atoms with Crippen LogP contribution in [0.3, 0.4) is 0 Å². The number of aromatic nitrogens is 1. The number of hydrogen-bond donors (Lipinski definition) is 0. The second-order valence-electron chi connectivity index (χ2n) is 9.50. The minimum Gasteiger partial charge on any atom is -0.341 e. The minimum atomic E-state index is -3.22. The van der Waals surface area contributed by atoms with Crippen molar-refractivity contribution in [2.45, 2.75) is 55.3 Å². The second kappa shape index (κ2) is 10.0. The van der Waals surface area contributed by atoms with Gasteiger partial charge in [0.05, 0.1) is 21.3 Å². The van der Waals surface area contributed by atoms with Crippen LogP contribution in [0.25, 0.3) is 0 Å². The number of thiazole rings is 1. The quantitative estimate of drug-likeness (QED) is 0.370. The molecule has 0 bridgehead atoms. The third-order valence-corrected chi connectivity index (χ3v) is 10.1. The molecule has 8 heteroatoms. The van der Waals surface area contributed by atoms with E-state index in [2.05, 4.69) is 11.4 Å². The molecule has 0 radical (unpaired) electrons. The Morgan fingerprint density at radius 2 is 1.86 bits per heavy atom. The normalized spacial score (nSPS) is 20.3. The number of halogens is 1. The standard InChI is InChI=1S/C27H29ClN2O3S2/c1-2-35(32,33)22-11-6-18(7-12-22)8-13-26(31)30-15-23(20-4-3-5-21(28)14-20)24(16-30)27-29-25(17-34-27)19-9-10-19/h3-7,11-12,14,17,19,23-24H,2,8-10,13,15-16H2,1H3. The highest BCUT2D eigenvalue weighted by Gasteiger charge is 2.39. The van der Waals surface area contributed by atoms with Crippen molar-refractivity contribution in [2.75, 3.05) is 18.8 Å². The van der Waals surface area contributed by atoms with E-state index in [4.69, 9.17) is 16.6 Å². The molecule has 1 aromatic heterocycles. The van der Waals surface area contributed by atoms with Gasteiger partial charge in [0.15, 0.2) is 9.84 Å². The Hall–Kier alpha value is -2.22. The number of sulfone groups is 1. The molecule has 0 spiro atoms. The molecule has 0 N–H and O–H groups in total. The largest absolute Gasteiger partial charge is 0.341 e. The Balaban J connectivity index is 1.29. The number of carbonyl (C=O) groups is 1. The van der Waals surface area contributed by atoms with Crippen molar-refractivity contribution < 1.29 is 13.2 Å². The van der Waals surface area contributed by atoms with Gasteiger partial charge in [0.2, 0.25) is 5.91 Å². The fraction of sp³-hybridized carbons (Fsp3) is 0.407. The number of benzene rings is 2. The number of rotatable bonds is 8. The van der Waals surface area contributed by atoms with Crippen LogP contribution in [0.2, 0.25) is 5.02 Å². The first-order valence-electron chi connectivity index (χ1n) is 12.1. The number of aryl methyl sites for hydroxylation is 1. The van der Waals surface area contributed by atoms with E-state index in [9.17, 15) is 13.2 Å². The summed E-state index contributed by atoms with van der Waals surface area (Å²) < 4.78 is 24.1. The summed E-state index contributed by atoms with van der Waals surface area (Å²) in [5.74, 6) is 1.13. The van der Waals surface area contributed by atoms with Gasteiger partial charge >= 0.3 is 0 Å². The van der Waals surface area contributed by atoms with E-state index in [1.54, 1.807) is 30.4 Å². The molecule has 184 valence electrons. The van der Waals surface area contributed by atoms with E-state index in [0.29, 0.717) is 41.8 Å². The summed E-state index contributed by atoms with van der Waals surface area (Å²) in [6, 6.07) is 14.9. The van der Waals surface area contributed by atoms with E-state index >= 15 is 0 Å². The third-order valence-electron chi connectivity index (χ3n) is 7.09. The first-order valence-corrected chi connectivity index (χ1v) is 15.1. The summed E-state index contributed by atoms with van der Waals surface area (Å²) in [4.78, 5) is 20.5. The third kappa shape index (κ3) is 5.47. The Bertz CT molecular complexity index is 1320. The van der Waals surface area contributed by atoms with Gasteiger partial charge < -0.3 is 4.90 Å². The predicted octanol–water partition coefficient (Wildman–Crippen LogP) is 5.81. The number of amides is 1. The van der Waals surface area contributed by atoms with Crippen molar-refractivity contribution in [2.24, 2.45) is 0 Å². The lowest BCUT2D eigenvalue weighted by atomic mass is 9.89. The van der Waals surface area contributed by atoms with Gasteiger partial charge in [-0.25, -0.2) is 13.4 Å². The molecule has 1 amide bonds. The van der Waals surface area contributed by atoms with Crippen LogP contribution in [0.15, 0.2) is 58.8 Å². The van der Waals surface area contributed by atoms with Crippen molar-refractivity contribution in [1.29, 1.82) is 0 Å². The molecule has 2 unspecified atom stereocenters. The molecule has 1 saturated heterocycles.